The van der Waals surface area contributed by atoms with E-state index >= 15 is 0 Å². The van der Waals surface area contributed by atoms with Crippen LogP contribution in [0.3, 0.4) is 0 Å². The molecular formula is C10H20N4. The zero-order valence-corrected chi connectivity index (χ0v) is 8.87. The molecule has 14 heavy (non-hydrogen) atoms. The Morgan fingerprint density at radius 1 is 1.50 bits per heavy atom. The van der Waals surface area contributed by atoms with Gasteiger partial charge in [-0.2, -0.15) is 0 Å². The molecule has 4 heteroatoms. The van der Waals surface area contributed by atoms with Crippen LogP contribution in [0, 0.1) is 11.3 Å². The fourth-order valence-corrected chi connectivity index (χ4v) is 2.82. The highest BCUT2D eigenvalue weighted by molar-refractivity contribution is 5.78. The number of piperidine rings is 3. The highest BCUT2D eigenvalue weighted by Crippen LogP contribution is 2.29. The Morgan fingerprint density at radius 2 is 2.14 bits per heavy atom. The third kappa shape index (κ3) is 1.91. The van der Waals surface area contributed by atoms with E-state index in [-0.39, 0.29) is 5.84 Å². The minimum atomic E-state index is 0.281. The van der Waals surface area contributed by atoms with E-state index in [4.69, 9.17) is 11.1 Å². The summed E-state index contributed by atoms with van der Waals surface area (Å²) in [7, 11) is 2.09. The number of fused-ring (bicyclic) bond motifs is 3. The quantitative estimate of drug-likeness (QED) is 0.491. The van der Waals surface area contributed by atoms with Gasteiger partial charge in [-0.25, -0.2) is 0 Å². The van der Waals surface area contributed by atoms with Gasteiger partial charge in [0.05, 0.1) is 6.54 Å². The summed E-state index contributed by atoms with van der Waals surface area (Å²) in [5.41, 5.74) is 5.43. The molecular weight excluding hydrogens is 176 g/mol. The summed E-state index contributed by atoms with van der Waals surface area (Å²) in [6, 6.07) is 0.626. The van der Waals surface area contributed by atoms with Crippen molar-refractivity contribution in [1.82, 2.24) is 9.80 Å². The van der Waals surface area contributed by atoms with Gasteiger partial charge in [0, 0.05) is 12.6 Å². The molecule has 0 saturated carbocycles. The summed E-state index contributed by atoms with van der Waals surface area (Å²) in [6.45, 7) is 4.34. The molecule has 3 fully saturated rings. The third-order valence-electron chi connectivity index (χ3n) is 3.61. The SMILES string of the molecule is CN(CC(=N)N)C1CN2CCC1CC2. The van der Waals surface area contributed by atoms with Crippen LogP contribution in [0.15, 0.2) is 0 Å². The second kappa shape index (κ2) is 3.87. The summed E-state index contributed by atoms with van der Waals surface area (Å²) < 4.78 is 0. The van der Waals surface area contributed by atoms with Crippen molar-refractivity contribution in [2.75, 3.05) is 33.2 Å². The minimum Gasteiger partial charge on any atom is -0.387 e. The molecule has 1 atom stereocenters. The van der Waals surface area contributed by atoms with Gasteiger partial charge in [0.2, 0.25) is 0 Å². The maximum Gasteiger partial charge on any atom is 0.105 e. The fourth-order valence-electron chi connectivity index (χ4n) is 2.82. The molecule has 0 aromatic carbocycles. The van der Waals surface area contributed by atoms with Crippen LogP contribution in [0.4, 0.5) is 0 Å². The Kier molecular flexibility index (Phi) is 2.74. The first-order valence-electron chi connectivity index (χ1n) is 5.42. The van der Waals surface area contributed by atoms with Crippen molar-refractivity contribution in [2.24, 2.45) is 11.7 Å². The number of nitrogens with one attached hydrogen (secondary N) is 1. The lowest BCUT2D eigenvalue weighted by Crippen LogP contribution is -2.57. The summed E-state index contributed by atoms with van der Waals surface area (Å²) in [5.74, 6) is 1.12. The molecule has 0 amide bonds. The standard InChI is InChI=1S/C10H20N4/c1-13(7-10(11)12)9-6-14-4-2-8(9)3-5-14/h8-9H,2-7H2,1H3,(H3,11,12). The second-order valence-electron chi connectivity index (χ2n) is 4.65. The van der Waals surface area contributed by atoms with Crippen LogP contribution < -0.4 is 5.73 Å². The average molecular weight is 196 g/mol. The molecule has 3 aliphatic rings. The number of likely N-dealkylation sites (N-methyl/N-ethyl adjacent to an activating group) is 1. The molecule has 1 unspecified atom stereocenters. The molecule has 3 saturated heterocycles. The molecule has 80 valence electrons. The monoisotopic (exact) mass is 196 g/mol. The Labute approximate surface area is 85.6 Å². The zero-order chi connectivity index (χ0) is 10.1. The van der Waals surface area contributed by atoms with Crippen LogP contribution in [0.5, 0.6) is 0 Å². The Bertz CT molecular complexity index is 220. The molecule has 0 aromatic heterocycles. The number of amidine groups is 1. The van der Waals surface area contributed by atoms with E-state index in [1.165, 1.54) is 32.5 Å². The maximum atomic E-state index is 7.30. The number of nitrogens with two attached hydrogens (primary N) is 1. The number of nitrogens with zero attached hydrogens (tertiary/aromatic N) is 2. The lowest BCUT2D eigenvalue weighted by atomic mass is 9.83. The van der Waals surface area contributed by atoms with E-state index < -0.39 is 0 Å². The van der Waals surface area contributed by atoms with Gasteiger partial charge in [-0.3, -0.25) is 10.3 Å². The number of hydrogen-bond acceptors (Lipinski definition) is 3. The molecule has 0 aliphatic carbocycles. The van der Waals surface area contributed by atoms with Gasteiger partial charge in [0.15, 0.2) is 0 Å². The molecule has 0 spiro atoms. The third-order valence-corrected chi connectivity index (χ3v) is 3.61. The topological polar surface area (TPSA) is 56.4 Å². The highest BCUT2D eigenvalue weighted by atomic mass is 15.2. The van der Waals surface area contributed by atoms with Crippen molar-refractivity contribution in [3.8, 4) is 0 Å². The van der Waals surface area contributed by atoms with E-state index in [1.807, 2.05) is 0 Å². The van der Waals surface area contributed by atoms with E-state index in [0.717, 1.165) is 5.92 Å². The van der Waals surface area contributed by atoms with Crippen molar-refractivity contribution in [3.63, 3.8) is 0 Å². The summed E-state index contributed by atoms with van der Waals surface area (Å²) in [5, 5.41) is 7.30. The molecule has 4 nitrogen and oxygen atoms in total. The lowest BCUT2D eigenvalue weighted by molar-refractivity contribution is 0.0228. The van der Waals surface area contributed by atoms with E-state index in [2.05, 4.69) is 16.8 Å². The number of rotatable bonds is 3. The van der Waals surface area contributed by atoms with E-state index in [1.54, 1.807) is 0 Å². The highest BCUT2D eigenvalue weighted by Gasteiger charge is 2.36. The molecule has 3 N–H and O–H groups in total. The fraction of sp³-hybridized carbons (Fsp3) is 0.900. The molecule has 0 radical (unpaired) electrons. The van der Waals surface area contributed by atoms with E-state index in [9.17, 15) is 0 Å². The molecule has 3 heterocycles. The Balaban J connectivity index is 1.94. The largest absolute Gasteiger partial charge is 0.387 e. The van der Waals surface area contributed by atoms with Crippen molar-refractivity contribution >= 4 is 5.84 Å². The molecule has 2 bridgehead atoms. The molecule has 3 aliphatic heterocycles. The number of hydrogen-bond donors (Lipinski definition) is 2. The molecule has 3 rings (SSSR count). The first-order chi connectivity index (χ1) is 6.66. The Morgan fingerprint density at radius 3 is 2.57 bits per heavy atom. The predicted molar refractivity (Wildman–Crippen MR) is 57.5 cm³/mol. The second-order valence-corrected chi connectivity index (χ2v) is 4.65. The van der Waals surface area contributed by atoms with Crippen molar-refractivity contribution in [1.29, 1.82) is 5.41 Å². The average Bonchev–Trinajstić information content (AvgIpc) is 2.18. The van der Waals surface area contributed by atoms with Crippen LogP contribution >= 0.6 is 0 Å². The first-order valence-corrected chi connectivity index (χ1v) is 5.42. The van der Waals surface area contributed by atoms with Gasteiger partial charge in [0.1, 0.15) is 5.84 Å². The molecule has 0 aromatic rings. The van der Waals surface area contributed by atoms with Crippen molar-refractivity contribution in [2.45, 2.75) is 18.9 Å². The van der Waals surface area contributed by atoms with Gasteiger partial charge < -0.3 is 10.6 Å². The first kappa shape index (κ1) is 9.93. The van der Waals surface area contributed by atoms with Crippen molar-refractivity contribution in [3.05, 3.63) is 0 Å². The normalized spacial score (nSPS) is 36.3. The Hall–Kier alpha value is -0.610. The van der Waals surface area contributed by atoms with Crippen LogP contribution in [0.2, 0.25) is 0 Å². The summed E-state index contributed by atoms with van der Waals surface area (Å²) in [6.07, 6.45) is 2.65. The van der Waals surface area contributed by atoms with Gasteiger partial charge >= 0.3 is 0 Å². The predicted octanol–water partition coefficient (Wildman–Crippen LogP) is -0.0516. The van der Waals surface area contributed by atoms with E-state index in [0.29, 0.717) is 12.6 Å². The van der Waals surface area contributed by atoms with Gasteiger partial charge in [0.25, 0.3) is 0 Å². The lowest BCUT2D eigenvalue weighted by Gasteiger charge is -2.48. The zero-order valence-electron chi connectivity index (χ0n) is 8.87. The summed E-state index contributed by atoms with van der Waals surface area (Å²) >= 11 is 0. The van der Waals surface area contributed by atoms with Crippen LogP contribution in [0.25, 0.3) is 0 Å². The van der Waals surface area contributed by atoms with Crippen LogP contribution in [-0.2, 0) is 0 Å². The smallest absolute Gasteiger partial charge is 0.105 e. The van der Waals surface area contributed by atoms with Crippen LogP contribution in [0.1, 0.15) is 12.8 Å². The maximum absolute atomic E-state index is 7.30. The summed E-state index contributed by atoms with van der Waals surface area (Å²) in [4.78, 5) is 4.78. The van der Waals surface area contributed by atoms with Gasteiger partial charge in [-0.05, 0) is 38.9 Å². The van der Waals surface area contributed by atoms with Gasteiger partial charge in [-0.1, -0.05) is 0 Å². The van der Waals surface area contributed by atoms with Crippen LogP contribution in [-0.4, -0.2) is 54.9 Å². The van der Waals surface area contributed by atoms with Crippen molar-refractivity contribution < 1.29 is 0 Å². The minimum absolute atomic E-state index is 0.281. The van der Waals surface area contributed by atoms with Gasteiger partial charge in [-0.15, -0.1) is 0 Å².